The molecule has 0 N–H and O–H groups in total. The molecule has 0 aliphatic carbocycles. The Labute approximate surface area is 171 Å². The SMILES string of the molecule is O=S(=O)(c1ccccc1)N(Cc1ccncn1)c1cnccc1N1CCCCC1. The number of nitrogens with zero attached hydrogens (tertiary/aromatic N) is 5. The van der Waals surface area contributed by atoms with Crippen LogP contribution in [0.2, 0.25) is 0 Å². The van der Waals surface area contributed by atoms with Crippen LogP contribution in [-0.4, -0.2) is 36.5 Å². The molecule has 1 saturated heterocycles. The molecule has 8 heteroatoms. The maximum Gasteiger partial charge on any atom is 0.264 e. The normalized spacial score (nSPS) is 14.6. The van der Waals surface area contributed by atoms with Crippen molar-refractivity contribution >= 4 is 21.4 Å². The van der Waals surface area contributed by atoms with Gasteiger partial charge in [0.25, 0.3) is 10.0 Å². The van der Waals surface area contributed by atoms with E-state index in [2.05, 4.69) is 19.9 Å². The maximum atomic E-state index is 13.6. The zero-order valence-corrected chi connectivity index (χ0v) is 16.9. The lowest BCUT2D eigenvalue weighted by Crippen LogP contribution is -2.35. The van der Waals surface area contributed by atoms with Gasteiger partial charge in [-0.15, -0.1) is 0 Å². The van der Waals surface area contributed by atoms with E-state index < -0.39 is 10.0 Å². The Morgan fingerprint density at radius 3 is 2.41 bits per heavy atom. The highest BCUT2D eigenvalue weighted by molar-refractivity contribution is 7.92. The summed E-state index contributed by atoms with van der Waals surface area (Å²) in [6.45, 7) is 1.92. The molecule has 4 rings (SSSR count). The summed E-state index contributed by atoms with van der Waals surface area (Å²) in [5.41, 5.74) is 2.07. The van der Waals surface area contributed by atoms with Crippen molar-refractivity contribution in [3.05, 3.63) is 73.1 Å². The zero-order chi connectivity index (χ0) is 20.1. The highest BCUT2D eigenvalue weighted by Crippen LogP contribution is 2.34. The van der Waals surface area contributed by atoms with Gasteiger partial charge >= 0.3 is 0 Å². The Bertz CT molecular complexity index is 1040. The lowest BCUT2D eigenvalue weighted by molar-refractivity contribution is 0.576. The van der Waals surface area contributed by atoms with E-state index in [4.69, 9.17) is 0 Å². The summed E-state index contributed by atoms with van der Waals surface area (Å²) in [7, 11) is -3.81. The predicted octanol–water partition coefficient (Wildman–Crippen LogP) is 3.26. The first kappa shape index (κ1) is 19.3. The molecule has 150 valence electrons. The molecule has 1 aliphatic heterocycles. The van der Waals surface area contributed by atoms with Gasteiger partial charge in [-0.25, -0.2) is 18.4 Å². The van der Waals surface area contributed by atoms with Crippen molar-refractivity contribution in [1.82, 2.24) is 15.0 Å². The number of benzene rings is 1. The molecule has 0 unspecified atom stereocenters. The van der Waals surface area contributed by atoms with Gasteiger partial charge in [0.1, 0.15) is 6.33 Å². The third-order valence-electron chi connectivity index (χ3n) is 5.02. The number of sulfonamides is 1. The van der Waals surface area contributed by atoms with Gasteiger partial charge in [0.2, 0.25) is 0 Å². The van der Waals surface area contributed by atoms with E-state index in [9.17, 15) is 8.42 Å². The molecule has 0 amide bonds. The first-order valence-electron chi connectivity index (χ1n) is 9.68. The number of anilines is 2. The first-order valence-corrected chi connectivity index (χ1v) is 11.1. The van der Waals surface area contributed by atoms with Gasteiger partial charge in [-0.1, -0.05) is 18.2 Å². The van der Waals surface area contributed by atoms with Gasteiger partial charge in [0.05, 0.1) is 34.7 Å². The molecule has 0 saturated carbocycles. The molecule has 1 aliphatic rings. The predicted molar refractivity (Wildman–Crippen MR) is 112 cm³/mol. The fourth-order valence-corrected chi connectivity index (χ4v) is 5.01. The van der Waals surface area contributed by atoms with Crippen molar-refractivity contribution in [3.63, 3.8) is 0 Å². The lowest BCUT2D eigenvalue weighted by Gasteiger charge is -2.33. The van der Waals surface area contributed by atoms with Crippen LogP contribution in [0, 0.1) is 0 Å². The highest BCUT2D eigenvalue weighted by Gasteiger charge is 2.29. The van der Waals surface area contributed by atoms with Gasteiger partial charge in [0, 0.05) is 25.5 Å². The quantitative estimate of drug-likeness (QED) is 0.622. The summed E-state index contributed by atoms with van der Waals surface area (Å²) in [4.78, 5) is 14.9. The molecule has 0 bridgehead atoms. The van der Waals surface area contributed by atoms with Crippen LogP contribution in [0.1, 0.15) is 25.0 Å². The number of piperidine rings is 1. The summed E-state index contributed by atoms with van der Waals surface area (Å²) in [5, 5.41) is 0. The summed E-state index contributed by atoms with van der Waals surface area (Å²) < 4.78 is 28.6. The van der Waals surface area contributed by atoms with Crippen molar-refractivity contribution in [2.75, 3.05) is 22.3 Å². The Kier molecular flexibility index (Phi) is 5.71. The first-order chi connectivity index (χ1) is 14.2. The van der Waals surface area contributed by atoms with E-state index in [0.29, 0.717) is 11.4 Å². The minimum absolute atomic E-state index is 0.103. The van der Waals surface area contributed by atoms with Crippen LogP contribution in [0.15, 0.2) is 72.3 Å². The Morgan fingerprint density at radius 1 is 0.931 bits per heavy atom. The number of hydrogen-bond acceptors (Lipinski definition) is 6. The van der Waals surface area contributed by atoms with Crippen LogP contribution < -0.4 is 9.21 Å². The second-order valence-corrected chi connectivity index (χ2v) is 8.80. The maximum absolute atomic E-state index is 13.6. The highest BCUT2D eigenvalue weighted by atomic mass is 32.2. The smallest absolute Gasteiger partial charge is 0.264 e. The third kappa shape index (κ3) is 4.22. The Morgan fingerprint density at radius 2 is 1.69 bits per heavy atom. The largest absolute Gasteiger partial charge is 0.370 e. The average molecular weight is 410 g/mol. The van der Waals surface area contributed by atoms with Crippen molar-refractivity contribution in [2.24, 2.45) is 0 Å². The van der Waals surface area contributed by atoms with E-state index >= 15 is 0 Å². The summed E-state index contributed by atoms with van der Waals surface area (Å²) in [5.74, 6) is 0. The Balaban J connectivity index is 1.81. The average Bonchev–Trinajstić information content (AvgIpc) is 2.79. The fourth-order valence-electron chi connectivity index (χ4n) is 3.55. The molecule has 0 radical (unpaired) electrons. The van der Waals surface area contributed by atoms with Crippen molar-refractivity contribution in [2.45, 2.75) is 30.7 Å². The fraction of sp³-hybridized carbons (Fsp3) is 0.286. The van der Waals surface area contributed by atoms with Gasteiger partial charge in [-0.05, 0) is 43.5 Å². The molecule has 3 aromatic rings. The van der Waals surface area contributed by atoms with Crippen molar-refractivity contribution in [3.8, 4) is 0 Å². The van der Waals surface area contributed by atoms with Gasteiger partial charge in [-0.3, -0.25) is 9.29 Å². The van der Waals surface area contributed by atoms with Gasteiger partial charge < -0.3 is 4.90 Å². The molecule has 7 nitrogen and oxygen atoms in total. The number of hydrogen-bond donors (Lipinski definition) is 0. The molecule has 3 heterocycles. The van der Waals surface area contributed by atoms with Crippen LogP contribution >= 0.6 is 0 Å². The number of aromatic nitrogens is 3. The van der Waals surface area contributed by atoms with Crippen LogP contribution in [0.25, 0.3) is 0 Å². The molecule has 0 spiro atoms. The molecular weight excluding hydrogens is 386 g/mol. The third-order valence-corrected chi connectivity index (χ3v) is 6.80. The van der Waals surface area contributed by atoms with E-state index in [1.54, 1.807) is 55.0 Å². The molecule has 1 fully saturated rings. The minimum Gasteiger partial charge on any atom is -0.370 e. The zero-order valence-electron chi connectivity index (χ0n) is 16.1. The molecule has 2 aromatic heterocycles. The standard InChI is InChI=1S/C21H23N5O2S/c27-29(28,19-7-3-1-4-8-19)26(16-18-9-11-23-17-24-18)21-15-22-12-10-20(21)25-13-5-2-6-14-25/h1,3-4,7-12,15,17H,2,5-6,13-14,16H2. The topological polar surface area (TPSA) is 79.3 Å². The summed E-state index contributed by atoms with van der Waals surface area (Å²) in [6.07, 6.45) is 9.78. The molecule has 29 heavy (non-hydrogen) atoms. The summed E-state index contributed by atoms with van der Waals surface area (Å²) >= 11 is 0. The number of pyridine rings is 1. The molecular formula is C21H23N5O2S. The van der Waals surface area contributed by atoms with Crippen molar-refractivity contribution in [1.29, 1.82) is 0 Å². The summed E-state index contributed by atoms with van der Waals surface area (Å²) in [6, 6.07) is 12.1. The van der Waals surface area contributed by atoms with E-state index in [1.165, 1.54) is 17.1 Å². The van der Waals surface area contributed by atoms with E-state index in [1.807, 2.05) is 6.07 Å². The van der Waals surface area contributed by atoms with Gasteiger partial charge in [0.15, 0.2) is 0 Å². The van der Waals surface area contributed by atoms with Crippen LogP contribution in [-0.2, 0) is 16.6 Å². The van der Waals surface area contributed by atoms with E-state index in [0.717, 1.165) is 31.6 Å². The second-order valence-electron chi connectivity index (χ2n) is 6.94. The number of rotatable bonds is 6. The van der Waals surface area contributed by atoms with E-state index in [-0.39, 0.29) is 11.4 Å². The second kappa shape index (κ2) is 8.57. The van der Waals surface area contributed by atoms with Crippen molar-refractivity contribution < 1.29 is 8.42 Å². The monoisotopic (exact) mass is 409 g/mol. The van der Waals surface area contributed by atoms with Crippen LogP contribution in [0.5, 0.6) is 0 Å². The lowest BCUT2D eigenvalue weighted by atomic mass is 10.1. The van der Waals surface area contributed by atoms with Gasteiger partial charge in [-0.2, -0.15) is 0 Å². The molecule has 0 atom stereocenters. The van der Waals surface area contributed by atoms with Crippen LogP contribution in [0.3, 0.4) is 0 Å². The van der Waals surface area contributed by atoms with Crippen LogP contribution in [0.4, 0.5) is 11.4 Å². The molecule has 1 aromatic carbocycles. The Hall–Kier alpha value is -3.00. The minimum atomic E-state index is -3.81.